The highest BCUT2D eigenvalue weighted by Gasteiger charge is 2.15. The summed E-state index contributed by atoms with van der Waals surface area (Å²) in [6.45, 7) is 5.84. The molecule has 1 amide bonds. The SMILES string of the molecule is CCC(C)NC(=O)C(C)Cc1ccc(O)c(O)c1. The third-order valence-corrected chi connectivity index (χ3v) is 3.03. The van der Waals surface area contributed by atoms with Gasteiger partial charge in [0.15, 0.2) is 11.5 Å². The summed E-state index contributed by atoms with van der Waals surface area (Å²) in [4.78, 5) is 11.8. The largest absolute Gasteiger partial charge is 0.504 e. The molecule has 0 bridgehead atoms. The van der Waals surface area contributed by atoms with E-state index in [0.717, 1.165) is 12.0 Å². The predicted molar refractivity (Wildman–Crippen MR) is 70.5 cm³/mol. The third kappa shape index (κ3) is 3.95. The minimum Gasteiger partial charge on any atom is -0.504 e. The monoisotopic (exact) mass is 251 g/mol. The third-order valence-electron chi connectivity index (χ3n) is 3.03. The van der Waals surface area contributed by atoms with Crippen LogP contribution < -0.4 is 5.32 Å². The van der Waals surface area contributed by atoms with E-state index in [9.17, 15) is 15.0 Å². The first kappa shape index (κ1) is 14.4. The minimum absolute atomic E-state index is 0.0110. The maximum absolute atomic E-state index is 11.8. The van der Waals surface area contributed by atoms with E-state index in [1.54, 1.807) is 6.07 Å². The van der Waals surface area contributed by atoms with Crippen molar-refractivity contribution in [2.24, 2.45) is 5.92 Å². The molecule has 1 aromatic carbocycles. The summed E-state index contributed by atoms with van der Waals surface area (Å²) >= 11 is 0. The molecule has 4 heteroatoms. The fourth-order valence-electron chi connectivity index (χ4n) is 1.63. The van der Waals surface area contributed by atoms with E-state index in [2.05, 4.69) is 5.32 Å². The molecule has 0 aromatic heterocycles. The molecular formula is C14H21NO3. The van der Waals surface area contributed by atoms with Crippen LogP contribution in [0.3, 0.4) is 0 Å². The molecule has 0 saturated heterocycles. The highest BCUT2D eigenvalue weighted by Crippen LogP contribution is 2.26. The Balaban J connectivity index is 2.60. The molecule has 18 heavy (non-hydrogen) atoms. The van der Waals surface area contributed by atoms with Crippen LogP contribution in [0.1, 0.15) is 32.8 Å². The lowest BCUT2D eigenvalue weighted by molar-refractivity contribution is -0.125. The summed E-state index contributed by atoms with van der Waals surface area (Å²) in [7, 11) is 0. The Morgan fingerprint density at radius 3 is 2.50 bits per heavy atom. The van der Waals surface area contributed by atoms with Gasteiger partial charge in [0.05, 0.1) is 0 Å². The van der Waals surface area contributed by atoms with Gasteiger partial charge in [0.1, 0.15) is 0 Å². The van der Waals surface area contributed by atoms with Gasteiger partial charge in [-0.25, -0.2) is 0 Å². The van der Waals surface area contributed by atoms with Gasteiger partial charge in [0, 0.05) is 12.0 Å². The quantitative estimate of drug-likeness (QED) is 0.703. The van der Waals surface area contributed by atoms with Crippen LogP contribution in [-0.4, -0.2) is 22.2 Å². The first-order valence-electron chi connectivity index (χ1n) is 6.25. The summed E-state index contributed by atoms with van der Waals surface area (Å²) < 4.78 is 0. The minimum atomic E-state index is -0.164. The molecule has 0 fully saturated rings. The van der Waals surface area contributed by atoms with E-state index in [0.29, 0.717) is 6.42 Å². The lowest BCUT2D eigenvalue weighted by Gasteiger charge is -2.16. The predicted octanol–water partition coefficient (Wildman–Crippen LogP) is 2.19. The van der Waals surface area contributed by atoms with Gasteiger partial charge in [-0.1, -0.05) is 19.9 Å². The smallest absolute Gasteiger partial charge is 0.223 e. The van der Waals surface area contributed by atoms with E-state index < -0.39 is 0 Å². The van der Waals surface area contributed by atoms with E-state index in [-0.39, 0.29) is 29.4 Å². The van der Waals surface area contributed by atoms with Crippen molar-refractivity contribution in [2.75, 3.05) is 0 Å². The maximum Gasteiger partial charge on any atom is 0.223 e. The Labute approximate surface area is 108 Å². The first-order chi connectivity index (χ1) is 8.43. The van der Waals surface area contributed by atoms with Crippen molar-refractivity contribution in [1.29, 1.82) is 0 Å². The molecule has 0 saturated carbocycles. The van der Waals surface area contributed by atoms with Crippen molar-refractivity contribution in [3.63, 3.8) is 0 Å². The summed E-state index contributed by atoms with van der Waals surface area (Å²) in [6, 6.07) is 4.81. The molecule has 0 heterocycles. The molecule has 2 unspecified atom stereocenters. The zero-order valence-corrected chi connectivity index (χ0v) is 11.1. The summed E-state index contributed by atoms with van der Waals surface area (Å²) in [6.07, 6.45) is 1.44. The lowest BCUT2D eigenvalue weighted by atomic mass is 9.99. The van der Waals surface area contributed by atoms with Crippen LogP contribution in [0.15, 0.2) is 18.2 Å². The normalized spacial score (nSPS) is 13.9. The number of phenolic OH excluding ortho intramolecular Hbond substituents is 2. The molecular weight excluding hydrogens is 230 g/mol. The molecule has 100 valence electrons. The number of nitrogens with one attached hydrogen (secondary N) is 1. The summed E-state index contributed by atoms with van der Waals surface area (Å²) in [5.74, 6) is -0.447. The number of phenols is 2. The molecule has 0 aliphatic rings. The Morgan fingerprint density at radius 1 is 1.28 bits per heavy atom. The van der Waals surface area contributed by atoms with Crippen LogP contribution in [-0.2, 0) is 11.2 Å². The van der Waals surface area contributed by atoms with Gasteiger partial charge in [-0.15, -0.1) is 0 Å². The van der Waals surface area contributed by atoms with Crippen LogP contribution in [0.25, 0.3) is 0 Å². The number of aromatic hydroxyl groups is 2. The van der Waals surface area contributed by atoms with Crippen molar-refractivity contribution in [2.45, 2.75) is 39.7 Å². The molecule has 3 N–H and O–H groups in total. The number of rotatable bonds is 5. The van der Waals surface area contributed by atoms with Gasteiger partial charge in [0.25, 0.3) is 0 Å². The molecule has 2 atom stereocenters. The average molecular weight is 251 g/mol. The maximum atomic E-state index is 11.8. The van der Waals surface area contributed by atoms with Gasteiger partial charge in [-0.2, -0.15) is 0 Å². The topological polar surface area (TPSA) is 69.6 Å². The summed E-state index contributed by atoms with van der Waals surface area (Å²) in [5, 5.41) is 21.5. The van der Waals surface area contributed by atoms with Crippen LogP contribution in [0, 0.1) is 5.92 Å². The summed E-state index contributed by atoms with van der Waals surface area (Å²) in [5.41, 5.74) is 0.831. The molecule has 0 aliphatic heterocycles. The van der Waals surface area contributed by atoms with E-state index in [4.69, 9.17) is 0 Å². The van der Waals surface area contributed by atoms with Gasteiger partial charge in [-0.3, -0.25) is 4.79 Å². The Kier molecular flexibility index (Phi) is 5.01. The van der Waals surface area contributed by atoms with Crippen LogP contribution >= 0.6 is 0 Å². The molecule has 0 spiro atoms. The zero-order valence-electron chi connectivity index (χ0n) is 11.1. The number of hydrogen-bond acceptors (Lipinski definition) is 3. The van der Waals surface area contributed by atoms with Crippen LogP contribution in [0.2, 0.25) is 0 Å². The Hall–Kier alpha value is -1.71. The van der Waals surface area contributed by atoms with Crippen LogP contribution in [0.5, 0.6) is 11.5 Å². The second-order valence-electron chi connectivity index (χ2n) is 4.75. The Bertz CT molecular complexity index is 418. The average Bonchev–Trinajstić information content (AvgIpc) is 2.33. The highest BCUT2D eigenvalue weighted by atomic mass is 16.3. The van der Waals surface area contributed by atoms with E-state index >= 15 is 0 Å². The van der Waals surface area contributed by atoms with Gasteiger partial charge < -0.3 is 15.5 Å². The standard InChI is InChI=1S/C14H21NO3/c1-4-10(3)15-14(18)9(2)7-11-5-6-12(16)13(17)8-11/h5-6,8-10,16-17H,4,7H2,1-3H3,(H,15,18). The van der Waals surface area contributed by atoms with E-state index in [1.807, 2.05) is 20.8 Å². The Morgan fingerprint density at radius 2 is 1.94 bits per heavy atom. The van der Waals surface area contributed by atoms with Crippen molar-refractivity contribution in [3.05, 3.63) is 23.8 Å². The number of hydrogen-bond donors (Lipinski definition) is 3. The first-order valence-corrected chi connectivity index (χ1v) is 6.25. The van der Waals surface area contributed by atoms with Crippen molar-refractivity contribution >= 4 is 5.91 Å². The van der Waals surface area contributed by atoms with Gasteiger partial charge >= 0.3 is 0 Å². The lowest BCUT2D eigenvalue weighted by Crippen LogP contribution is -2.36. The zero-order chi connectivity index (χ0) is 13.7. The number of carbonyl (C=O) groups excluding carboxylic acids is 1. The van der Waals surface area contributed by atoms with Crippen LogP contribution in [0.4, 0.5) is 0 Å². The van der Waals surface area contributed by atoms with E-state index in [1.165, 1.54) is 12.1 Å². The second-order valence-corrected chi connectivity index (χ2v) is 4.75. The molecule has 4 nitrogen and oxygen atoms in total. The number of benzene rings is 1. The van der Waals surface area contributed by atoms with Gasteiger partial charge in [-0.05, 0) is 37.5 Å². The molecule has 1 rings (SSSR count). The van der Waals surface area contributed by atoms with Crippen molar-refractivity contribution < 1.29 is 15.0 Å². The highest BCUT2D eigenvalue weighted by molar-refractivity contribution is 5.78. The second kappa shape index (κ2) is 6.28. The fraction of sp³-hybridized carbons (Fsp3) is 0.500. The number of carbonyl (C=O) groups is 1. The molecule has 1 aromatic rings. The van der Waals surface area contributed by atoms with Gasteiger partial charge in [0.2, 0.25) is 5.91 Å². The molecule has 0 radical (unpaired) electrons. The van der Waals surface area contributed by atoms with Crippen molar-refractivity contribution in [1.82, 2.24) is 5.32 Å². The molecule has 0 aliphatic carbocycles. The van der Waals surface area contributed by atoms with Crippen molar-refractivity contribution in [3.8, 4) is 11.5 Å². The fourth-order valence-corrected chi connectivity index (χ4v) is 1.63. The number of amides is 1.